The Balaban J connectivity index is 1.97. The molecule has 1 fully saturated rings. The van der Waals surface area contributed by atoms with E-state index in [0.29, 0.717) is 46.0 Å². The molecular weight excluding hydrogens is 390 g/mol. The van der Waals surface area contributed by atoms with Crippen LogP contribution in [0.5, 0.6) is 0 Å². The predicted octanol–water partition coefficient (Wildman–Crippen LogP) is 0.0456. The molecule has 0 N–H and O–H groups in total. The Morgan fingerprint density at radius 3 is 3.07 bits per heavy atom. The third-order valence-corrected chi connectivity index (χ3v) is 2.98. The zero-order valence-corrected chi connectivity index (χ0v) is 13.3. The number of likely N-dealkylation sites (tertiary alicyclic amines) is 1. The molecule has 1 rings (SSSR count). The van der Waals surface area contributed by atoms with Gasteiger partial charge in [-0.25, -0.2) is 0 Å². The molecule has 1 heterocycles. The van der Waals surface area contributed by atoms with Crippen LogP contribution >= 0.6 is 0 Å². The van der Waals surface area contributed by atoms with Crippen LogP contribution in [0.1, 0.15) is 19.3 Å². The number of hydrogen-bond donors (Lipinski definition) is 0. The molecule has 0 bridgehead atoms. The number of carbonyl (C=O) groups is 1. The van der Waals surface area contributed by atoms with Gasteiger partial charge in [-0.2, -0.15) is 0 Å². The molecule has 0 spiro atoms. The predicted molar refractivity (Wildman–Crippen MR) is 54.0 cm³/mol. The molecule has 0 aromatic heterocycles. The zero-order valence-electron chi connectivity index (χ0n) is 8.76. The molecule has 0 radical (unpaired) electrons. The van der Waals surface area contributed by atoms with Crippen LogP contribution in [0, 0.1) is 0 Å². The number of carbonyl (C=O) groups excluding carboxylic acids is 1. The normalized spacial score (nSPS) is 20.7. The van der Waals surface area contributed by atoms with E-state index in [9.17, 15) is 4.79 Å². The second kappa shape index (κ2) is 8.43. The molecule has 1 aliphatic heterocycles. The van der Waals surface area contributed by atoms with E-state index < -0.39 is 0 Å². The molecule has 1 unspecified atom stereocenters. The molecule has 0 saturated carbocycles. The van der Waals surface area contributed by atoms with Crippen molar-refractivity contribution in [2.45, 2.75) is 25.3 Å². The van der Waals surface area contributed by atoms with Gasteiger partial charge in [0.15, 0.2) is 0 Å². The molecule has 0 aromatic carbocycles. The maximum absolute atomic E-state index is 10.6. The summed E-state index contributed by atoms with van der Waals surface area (Å²) in [6.45, 7) is 2.76. The van der Waals surface area contributed by atoms with Crippen molar-refractivity contribution in [3.63, 3.8) is 0 Å². The van der Waals surface area contributed by atoms with Gasteiger partial charge in [0.05, 0.1) is 0 Å². The van der Waals surface area contributed by atoms with Crippen molar-refractivity contribution in [2.24, 2.45) is 0 Å². The molecule has 5 nitrogen and oxygen atoms in total. The molecule has 1 atom stereocenters. The Morgan fingerprint density at radius 2 is 2.33 bits per heavy atom. The minimum atomic E-state index is 0.278. The fraction of sp³-hybridized carbons (Fsp3) is 0.889. The van der Waals surface area contributed by atoms with Gasteiger partial charge in [-0.05, 0) is 0 Å². The van der Waals surface area contributed by atoms with E-state index in [1.54, 1.807) is 0 Å². The fourth-order valence-corrected chi connectivity index (χ4v) is 2.04. The van der Waals surface area contributed by atoms with Gasteiger partial charge in [0.2, 0.25) is 0 Å². The van der Waals surface area contributed by atoms with E-state index in [0.717, 1.165) is 32.2 Å². The molecule has 6 heteroatoms. The number of hydrogen-bond acceptors (Lipinski definition) is 4. The Hall–Kier alpha value is 0.272. The van der Waals surface area contributed by atoms with Crippen LogP contribution in [0.2, 0.25) is 0 Å². The summed E-state index contributed by atoms with van der Waals surface area (Å²) in [7, 11) is 0. The summed E-state index contributed by atoms with van der Waals surface area (Å²) < 4.78 is 10.1. The van der Waals surface area contributed by atoms with E-state index in [4.69, 9.17) is 9.62 Å². The van der Waals surface area contributed by atoms with Crippen molar-refractivity contribution in [3.05, 3.63) is 0 Å². The van der Waals surface area contributed by atoms with Crippen LogP contribution in [0.15, 0.2) is 0 Å². The average molecular weight is 407 g/mol. The fourth-order valence-electron chi connectivity index (χ4n) is 1.66. The second-order valence-corrected chi connectivity index (χ2v) is 4.23. The Bertz CT molecular complexity index is 181. The third kappa shape index (κ3) is 5.23. The zero-order chi connectivity index (χ0) is 10.9. The first kappa shape index (κ1) is 13.3. The van der Waals surface area contributed by atoms with Gasteiger partial charge in [-0.15, -0.1) is 0 Å². The Labute approximate surface area is 106 Å². The van der Waals surface area contributed by atoms with E-state index in [1.807, 2.05) is 4.90 Å². The van der Waals surface area contributed by atoms with Crippen LogP contribution in [-0.2, 0) is 17.3 Å². The molecule has 1 saturated heterocycles. The van der Waals surface area contributed by atoms with Crippen LogP contribution in [0.3, 0.4) is 0 Å². The Morgan fingerprint density at radius 1 is 1.47 bits per heavy atom. The van der Waals surface area contributed by atoms with Gasteiger partial charge in [-0.1, -0.05) is 0 Å². The van der Waals surface area contributed by atoms with Crippen molar-refractivity contribution >= 4 is 32.6 Å². The molecule has 84 valence electrons. The third-order valence-electron chi connectivity index (χ3n) is 2.45. The van der Waals surface area contributed by atoms with E-state index in [1.165, 1.54) is 0 Å². The number of amides is 1. The standard InChI is InChI=1S/C9H17NO4.Tl/c11-8-10-4-1-3-9(10)7-13-5-2-6-14-12;/h8-9,12H,1-7H2;/q;+1/p-1. The van der Waals surface area contributed by atoms with Gasteiger partial charge in [0.1, 0.15) is 0 Å². The second-order valence-electron chi connectivity index (χ2n) is 3.49. The maximum atomic E-state index is 10.6. The Kier molecular flexibility index (Phi) is 7.49. The SMILES string of the molecule is O=CN1CCCC1COCCCO[O][Tl]. The summed E-state index contributed by atoms with van der Waals surface area (Å²) in [5, 5.41) is 0. The monoisotopic (exact) mass is 407 g/mol. The summed E-state index contributed by atoms with van der Waals surface area (Å²) in [6, 6.07) is 0.278. The van der Waals surface area contributed by atoms with Gasteiger partial charge < -0.3 is 0 Å². The summed E-state index contributed by atoms with van der Waals surface area (Å²) >= 11 is 0.426. The van der Waals surface area contributed by atoms with Crippen molar-refractivity contribution in [1.29, 1.82) is 0 Å². The van der Waals surface area contributed by atoms with Crippen LogP contribution in [-0.4, -0.2) is 69.9 Å². The first-order valence-electron chi connectivity index (χ1n) is 5.15. The van der Waals surface area contributed by atoms with E-state index >= 15 is 0 Å². The van der Waals surface area contributed by atoms with Gasteiger partial charge in [-0.3, -0.25) is 0 Å². The van der Waals surface area contributed by atoms with Crippen molar-refractivity contribution < 1.29 is 17.3 Å². The number of nitrogens with zero attached hydrogens (tertiary/aromatic N) is 1. The van der Waals surface area contributed by atoms with Crippen molar-refractivity contribution in [2.75, 3.05) is 26.4 Å². The van der Waals surface area contributed by atoms with Gasteiger partial charge >= 0.3 is 106 Å². The molecule has 1 aliphatic rings. The quantitative estimate of drug-likeness (QED) is 0.188. The van der Waals surface area contributed by atoms with Crippen molar-refractivity contribution in [3.8, 4) is 0 Å². The average Bonchev–Trinajstić information content (AvgIpc) is 2.70. The summed E-state index contributed by atoms with van der Waals surface area (Å²) in [5.74, 6) is 0. The van der Waals surface area contributed by atoms with E-state index in [2.05, 4.69) is 2.84 Å². The topological polar surface area (TPSA) is 48.0 Å². The van der Waals surface area contributed by atoms with Gasteiger partial charge in [0, 0.05) is 0 Å². The van der Waals surface area contributed by atoms with Crippen LogP contribution in [0.4, 0.5) is 0 Å². The van der Waals surface area contributed by atoms with Crippen molar-refractivity contribution in [1.82, 2.24) is 4.90 Å². The first-order chi connectivity index (χ1) is 7.38. The molecule has 0 aliphatic carbocycles. The number of ether oxygens (including phenoxy) is 1. The molecular formula is C9H16NO4Tl. The molecule has 1 amide bonds. The van der Waals surface area contributed by atoms with Crippen LogP contribution < -0.4 is 0 Å². The summed E-state index contributed by atoms with van der Waals surface area (Å²) in [6.07, 6.45) is 3.90. The summed E-state index contributed by atoms with van der Waals surface area (Å²) in [5.41, 5.74) is 0. The summed E-state index contributed by atoms with van der Waals surface area (Å²) in [4.78, 5) is 17.2. The molecule has 15 heavy (non-hydrogen) atoms. The minimum absolute atomic E-state index is 0.278. The number of rotatable bonds is 8. The van der Waals surface area contributed by atoms with E-state index in [-0.39, 0.29) is 6.04 Å². The van der Waals surface area contributed by atoms with Gasteiger partial charge in [0.25, 0.3) is 0 Å². The van der Waals surface area contributed by atoms with Crippen LogP contribution in [0.25, 0.3) is 0 Å². The first-order valence-corrected chi connectivity index (χ1v) is 6.99. The molecule has 0 aromatic rings.